The number of likely N-dealkylation sites (N-methyl/N-ethyl adjacent to an activating group) is 1. The highest BCUT2D eigenvalue weighted by atomic mass is 79.9. The van der Waals surface area contributed by atoms with Crippen molar-refractivity contribution in [2.75, 3.05) is 13.7 Å². The number of primary amides is 1. The van der Waals surface area contributed by atoms with Crippen LogP contribution in [0.2, 0.25) is 0 Å². The van der Waals surface area contributed by atoms with Gasteiger partial charge in [-0.15, -0.1) is 0 Å². The van der Waals surface area contributed by atoms with Crippen molar-refractivity contribution < 1.29 is 14.5 Å². The first-order chi connectivity index (χ1) is 8.86. The third kappa shape index (κ3) is 4.15. The molecule has 0 radical (unpaired) electrons. The molecule has 104 valence electrons. The number of amides is 1. The van der Waals surface area contributed by atoms with Crippen molar-refractivity contribution in [3.63, 3.8) is 0 Å². The summed E-state index contributed by atoms with van der Waals surface area (Å²) < 4.78 is 6.26. The molecule has 1 unspecified atom stereocenters. The Morgan fingerprint density at radius 1 is 1.53 bits per heavy atom. The minimum atomic E-state index is -0.644. The molecule has 1 atom stereocenters. The molecule has 3 N–H and O–H groups in total. The Labute approximate surface area is 125 Å². The van der Waals surface area contributed by atoms with Crippen molar-refractivity contribution in [2.45, 2.75) is 6.04 Å². The largest absolute Gasteiger partial charge is 0.489 e. The van der Waals surface area contributed by atoms with Gasteiger partial charge in [0.1, 0.15) is 18.4 Å². The van der Waals surface area contributed by atoms with Gasteiger partial charge in [0, 0.05) is 12.1 Å². The summed E-state index contributed by atoms with van der Waals surface area (Å²) in [4.78, 5) is 21.2. The normalized spacial score (nSPS) is 11.9. The first-order valence-electron chi connectivity index (χ1n) is 5.09. The number of carbonyl (C=O) groups is 1. The molecule has 0 aliphatic rings. The maximum absolute atomic E-state index is 11.0. The van der Waals surface area contributed by atoms with Gasteiger partial charge < -0.3 is 15.8 Å². The molecule has 0 aromatic heterocycles. The second-order valence-electron chi connectivity index (χ2n) is 3.55. The van der Waals surface area contributed by atoms with Crippen LogP contribution in [0, 0.1) is 10.1 Å². The lowest BCUT2D eigenvalue weighted by atomic mass is 10.3. The highest BCUT2D eigenvalue weighted by Gasteiger charge is 2.18. The van der Waals surface area contributed by atoms with Crippen LogP contribution in [0.3, 0.4) is 0 Å². The van der Waals surface area contributed by atoms with E-state index in [1.54, 1.807) is 7.05 Å². The number of rotatable bonds is 6. The Balaban J connectivity index is 2.90. The summed E-state index contributed by atoms with van der Waals surface area (Å²) in [6, 6.07) is 1.99. The predicted octanol–water partition coefficient (Wildman–Crippen LogP) is 1.57. The number of nitrogens with one attached hydrogen (secondary N) is 1. The van der Waals surface area contributed by atoms with Crippen molar-refractivity contribution in [3.05, 3.63) is 31.2 Å². The fourth-order valence-electron chi connectivity index (χ4n) is 1.26. The number of hydrogen-bond donors (Lipinski definition) is 2. The van der Waals surface area contributed by atoms with E-state index in [4.69, 9.17) is 10.5 Å². The molecule has 1 amide bonds. The topological polar surface area (TPSA) is 107 Å². The van der Waals surface area contributed by atoms with Gasteiger partial charge >= 0.3 is 0 Å². The van der Waals surface area contributed by atoms with Gasteiger partial charge in [-0.3, -0.25) is 14.9 Å². The first-order valence-corrected chi connectivity index (χ1v) is 6.68. The fraction of sp³-hybridized carbons (Fsp3) is 0.300. The lowest BCUT2D eigenvalue weighted by Crippen LogP contribution is -2.43. The minimum absolute atomic E-state index is 0.0147. The van der Waals surface area contributed by atoms with Crippen LogP contribution in [0.15, 0.2) is 21.1 Å². The summed E-state index contributed by atoms with van der Waals surface area (Å²) >= 11 is 6.36. The Hall–Kier alpha value is -1.19. The monoisotopic (exact) mass is 395 g/mol. The molecule has 1 aromatic rings. The maximum Gasteiger partial charge on any atom is 0.271 e. The molecule has 0 bridgehead atoms. The summed E-state index contributed by atoms with van der Waals surface area (Å²) in [5, 5.41) is 13.4. The molecule has 19 heavy (non-hydrogen) atoms. The molecular formula is C10H11Br2N3O4. The fourth-order valence-corrected chi connectivity index (χ4v) is 2.66. The van der Waals surface area contributed by atoms with E-state index in [1.165, 1.54) is 12.1 Å². The number of nitro groups is 1. The van der Waals surface area contributed by atoms with Crippen molar-refractivity contribution in [1.82, 2.24) is 5.32 Å². The standard InChI is InChI=1S/C10H11Br2N3O4/c1-14-8(10(13)16)4-19-9-6(11)2-5(15(17)18)3-7(9)12/h2-3,8,14H,4H2,1H3,(H2,13,16). The molecule has 0 spiro atoms. The third-order valence-corrected chi connectivity index (χ3v) is 3.46. The average Bonchev–Trinajstić information content (AvgIpc) is 2.31. The lowest BCUT2D eigenvalue weighted by Gasteiger charge is -2.15. The zero-order valence-corrected chi connectivity index (χ0v) is 13.0. The number of hydrogen-bond acceptors (Lipinski definition) is 5. The molecule has 0 heterocycles. The first kappa shape index (κ1) is 15.9. The molecule has 7 nitrogen and oxygen atoms in total. The van der Waals surface area contributed by atoms with Crippen molar-refractivity contribution >= 4 is 43.5 Å². The van der Waals surface area contributed by atoms with Gasteiger partial charge in [-0.05, 0) is 38.9 Å². The van der Waals surface area contributed by atoms with E-state index in [-0.39, 0.29) is 12.3 Å². The van der Waals surface area contributed by atoms with Crippen LogP contribution in [0.4, 0.5) is 5.69 Å². The third-order valence-electron chi connectivity index (χ3n) is 2.28. The molecule has 0 saturated heterocycles. The zero-order chi connectivity index (χ0) is 14.6. The van der Waals surface area contributed by atoms with E-state index in [9.17, 15) is 14.9 Å². The molecule has 0 saturated carbocycles. The van der Waals surface area contributed by atoms with Crippen LogP contribution in [0.1, 0.15) is 0 Å². The summed E-state index contributed by atoms with van der Waals surface area (Å²) in [6.45, 7) is 0.0147. The Morgan fingerprint density at radius 2 is 2.05 bits per heavy atom. The van der Waals surface area contributed by atoms with Crippen LogP contribution >= 0.6 is 31.9 Å². The number of nitro benzene ring substituents is 1. The van der Waals surface area contributed by atoms with Crippen LogP contribution in [0.25, 0.3) is 0 Å². The minimum Gasteiger partial charge on any atom is -0.489 e. The van der Waals surface area contributed by atoms with Crippen LogP contribution in [-0.2, 0) is 4.79 Å². The van der Waals surface area contributed by atoms with Crippen LogP contribution in [-0.4, -0.2) is 30.5 Å². The second kappa shape index (κ2) is 6.83. The Morgan fingerprint density at radius 3 is 2.42 bits per heavy atom. The van der Waals surface area contributed by atoms with Crippen molar-refractivity contribution in [3.8, 4) is 5.75 Å². The van der Waals surface area contributed by atoms with E-state index >= 15 is 0 Å². The van der Waals surface area contributed by atoms with Gasteiger partial charge in [-0.25, -0.2) is 0 Å². The van der Waals surface area contributed by atoms with Gasteiger partial charge in [-0.2, -0.15) is 0 Å². The summed E-state index contributed by atoms with van der Waals surface area (Å²) in [6.07, 6.45) is 0. The molecular weight excluding hydrogens is 386 g/mol. The number of ether oxygens (including phenoxy) is 1. The van der Waals surface area contributed by atoms with Gasteiger partial charge in [0.25, 0.3) is 5.69 Å². The summed E-state index contributed by atoms with van der Waals surface area (Å²) in [7, 11) is 1.58. The maximum atomic E-state index is 11.0. The molecule has 1 rings (SSSR count). The number of halogens is 2. The van der Waals surface area contributed by atoms with Gasteiger partial charge in [-0.1, -0.05) is 0 Å². The van der Waals surface area contributed by atoms with Crippen molar-refractivity contribution in [1.29, 1.82) is 0 Å². The van der Waals surface area contributed by atoms with E-state index in [0.717, 1.165) is 0 Å². The van der Waals surface area contributed by atoms with Gasteiger partial charge in [0.15, 0.2) is 0 Å². The summed E-state index contributed by atoms with van der Waals surface area (Å²) in [5.41, 5.74) is 5.08. The second-order valence-corrected chi connectivity index (χ2v) is 5.26. The number of carbonyl (C=O) groups excluding carboxylic acids is 1. The van der Waals surface area contributed by atoms with Crippen LogP contribution < -0.4 is 15.8 Å². The van der Waals surface area contributed by atoms with E-state index < -0.39 is 16.9 Å². The van der Waals surface area contributed by atoms with E-state index in [0.29, 0.717) is 14.7 Å². The molecule has 0 fully saturated rings. The highest BCUT2D eigenvalue weighted by molar-refractivity contribution is 9.11. The van der Waals surface area contributed by atoms with Gasteiger partial charge in [0.2, 0.25) is 5.91 Å². The number of non-ortho nitro benzene ring substituents is 1. The van der Waals surface area contributed by atoms with Crippen molar-refractivity contribution in [2.24, 2.45) is 5.73 Å². The molecule has 1 aromatic carbocycles. The number of nitrogens with zero attached hydrogens (tertiary/aromatic N) is 1. The van der Waals surface area contributed by atoms with Gasteiger partial charge in [0.05, 0.1) is 13.9 Å². The highest BCUT2D eigenvalue weighted by Crippen LogP contribution is 2.37. The Bertz CT molecular complexity index is 487. The average molecular weight is 397 g/mol. The smallest absolute Gasteiger partial charge is 0.271 e. The number of nitrogens with two attached hydrogens (primary N) is 1. The van der Waals surface area contributed by atoms with E-state index in [2.05, 4.69) is 37.2 Å². The SMILES string of the molecule is CNC(COc1c(Br)cc([N+](=O)[O-])cc1Br)C(N)=O. The Kier molecular flexibility index (Phi) is 5.70. The molecule has 0 aliphatic heterocycles. The summed E-state index contributed by atoms with van der Waals surface area (Å²) in [5.74, 6) is -0.177. The zero-order valence-electron chi connectivity index (χ0n) is 9.85. The predicted molar refractivity (Wildman–Crippen MR) is 76.0 cm³/mol. The lowest BCUT2D eigenvalue weighted by molar-refractivity contribution is -0.385. The quantitative estimate of drug-likeness (QED) is 0.560. The molecule has 0 aliphatic carbocycles. The number of benzene rings is 1. The molecule has 9 heteroatoms. The van der Waals surface area contributed by atoms with Crippen LogP contribution in [0.5, 0.6) is 5.75 Å². The van der Waals surface area contributed by atoms with E-state index in [1.807, 2.05) is 0 Å².